The first-order valence-corrected chi connectivity index (χ1v) is 7.81. The van der Waals surface area contributed by atoms with E-state index in [0.29, 0.717) is 22.7 Å². The summed E-state index contributed by atoms with van der Waals surface area (Å²) in [7, 11) is 0. The standard InChI is InChI=1S/C15H18ClF3N2O2/c1-9-2-4-11(5-3-9)20-13(22)8-21-7-10(15(17,18)19)6-12(16)14(21)23/h6-7,9,11H,2-5,8H2,1H3,(H,20,22). The summed E-state index contributed by atoms with van der Waals surface area (Å²) in [5, 5.41) is 2.21. The molecule has 0 unspecified atom stereocenters. The summed E-state index contributed by atoms with van der Waals surface area (Å²) in [6.45, 7) is 1.66. The van der Waals surface area contributed by atoms with Crippen LogP contribution < -0.4 is 10.9 Å². The second-order valence-corrected chi connectivity index (χ2v) is 6.44. The molecule has 1 saturated carbocycles. The molecule has 1 amide bonds. The third-order valence-electron chi connectivity index (χ3n) is 4.06. The SMILES string of the molecule is CC1CCC(NC(=O)Cn2cc(C(F)(F)F)cc(Cl)c2=O)CC1. The highest BCUT2D eigenvalue weighted by Gasteiger charge is 2.32. The highest BCUT2D eigenvalue weighted by molar-refractivity contribution is 6.30. The summed E-state index contributed by atoms with van der Waals surface area (Å²) < 4.78 is 39.0. The van der Waals surface area contributed by atoms with Crippen molar-refractivity contribution in [3.8, 4) is 0 Å². The van der Waals surface area contributed by atoms with E-state index >= 15 is 0 Å². The molecule has 0 bridgehead atoms. The Balaban J connectivity index is 2.08. The number of nitrogens with zero attached hydrogens (tertiary/aromatic N) is 1. The zero-order valence-electron chi connectivity index (χ0n) is 12.6. The number of halogens is 4. The molecule has 1 fully saturated rings. The van der Waals surface area contributed by atoms with Crippen LogP contribution in [0, 0.1) is 5.92 Å². The lowest BCUT2D eigenvalue weighted by molar-refractivity contribution is -0.138. The van der Waals surface area contributed by atoms with E-state index < -0.39 is 34.8 Å². The maximum Gasteiger partial charge on any atom is 0.417 e. The van der Waals surface area contributed by atoms with Crippen LogP contribution in [-0.4, -0.2) is 16.5 Å². The van der Waals surface area contributed by atoms with Gasteiger partial charge in [0, 0.05) is 12.2 Å². The fourth-order valence-corrected chi connectivity index (χ4v) is 2.93. The van der Waals surface area contributed by atoms with Gasteiger partial charge in [-0.1, -0.05) is 18.5 Å². The lowest BCUT2D eigenvalue weighted by Crippen LogP contribution is -2.40. The number of hydrogen-bond donors (Lipinski definition) is 1. The first kappa shape index (κ1) is 17.8. The van der Waals surface area contributed by atoms with Crippen molar-refractivity contribution >= 4 is 17.5 Å². The van der Waals surface area contributed by atoms with Gasteiger partial charge in [0.25, 0.3) is 5.56 Å². The molecule has 128 valence electrons. The number of carbonyl (C=O) groups is 1. The molecule has 0 atom stereocenters. The molecule has 8 heteroatoms. The summed E-state index contributed by atoms with van der Waals surface area (Å²) in [6.07, 6.45) is -0.331. The molecule has 1 aromatic rings. The first-order valence-electron chi connectivity index (χ1n) is 7.43. The third-order valence-corrected chi connectivity index (χ3v) is 4.34. The van der Waals surface area contributed by atoms with Crippen molar-refractivity contribution in [1.82, 2.24) is 9.88 Å². The van der Waals surface area contributed by atoms with Gasteiger partial charge >= 0.3 is 6.18 Å². The number of amides is 1. The normalized spacial score (nSPS) is 22.0. The minimum Gasteiger partial charge on any atom is -0.352 e. The van der Waals surface area contributed by atoms with Crippen molar-refractivity contribution in [3.63, 3.8) is 0 Å². The number of pyridine rings is 1. The van der Waals surface area contributed by atoms with E-state index in [1.807, 2.05) is 0 Å². The van der Waals surface area contributed by atoms with Crippen LogP contribution in [0.25, 0.3) is 0 Å². The highest BCUT2D eigenvalue weighted by atomic mass is 35.5. The molecule has 0 aliphatic heterocycles. The Morgan fingerprint density at radius 2 is 1.96 bits per heavy atom. The fraction of sp³-hybridized carbons (Fsp3) is 0.600. The minimum absolute atomic E-state index is 0.00988. The Morgan fingerprint density at radius 1 is 1.35 bits per heavy atom. The van der Waals surface area contributed by atoms with Crippen LogP contribution in [0.1, 0.15) is 38.2 Å². The summed E-state index contributed by atoms with van der Waals surface area (Å²) in [5.41, 5.74) is -1.87. The van der Waals surface area contributed by atoms with Gasteiger partial charge in [0.05, 0.1) is 5.56 Å². The van der Waals surface area contributed by atoms with E-state index in [4.69, 9.17) is 11.6 Å². The van der Waals surface area contributed by atoms with Crippen LogP contribution in [-0.2, 0) is 17.5 Å². The van der Waals surface area contributed by atoms with Crippen LogP contribution in [0.3, 0.4) is 0 Å². The van der Waals surface area contributed by atoms with Gasteiger partial charge in [0.1, 0.15) is 11.6 Å². The molecule has 0 aromatic carbocycles. The van der Waals surface area contributed by atoms with E-state index in [1.165, 1.54) is 0 Å². The number of nitrogens with one attached hydrogen (secondary N) is 1. The summed E-state index contributed by atoms with van der Waals surface area (Å²) in [5.74, 6) is 0.134. The van der Waals surface area contributed by atoms with Crippen LogP contribution >= 0.6 is 11.6 Å². The molecule has 1 aromatic heterocycles. The van der Waals surface area contributed by atoms with Crippen molar-refractivity contribution in [3.05, 3.63) is 33.2 Å². The van der Waals surface area contributed by atoms with Gasteiger partial charge in [-0.25, -0.2) is 0 Å². The lowest BCUT2D eigenvalue weighted by Gasteiger charge is -2.27. The van der Waals surface area contributed by atoms with Gasteiger partial charge in [-0.15, -0.1) is 0 Å². The van der Waals surface area contributed by atoms with Crippen molar-refractivity contribution in [2.75, 3.05) is 0 Å². The number of hydrogen-bond acceptors (Lipinski definition) is 2. The average Bonchev–Trinajstić information content (AvgIpc) is 2.45. The van der Waals surface area contributed by atoms with Crippen LogP contribution in [0.5, 0.6) is 0 Å². The predicted octanol–water partition coefficient (Wildman–Crippen LogP) is 3.22. The van der Waals surface area contributed by atoms with Crippen LogP contribution in [0.15, 0.2) is 17.1 Å². The van der Waals surface area contributed by atoms with Gasteiger partial charge < -0.3 is 9.88 Å². The van der Waals surface area contributed by atoms with Crippen molar-refractivity contribution in [2.45, 2.75) is 51.4 Å². The molecule has 1 aliphatic carbocycles. The first-order chi connectivity index (χ1) is 10.7. The minimum atomic E-state index is -4.63. The molecular formula is C15H18ClF3N2O2. The van der Waals surface area contributed by atoms with E-state index in [2.05, 4.69) is 12.2 Å². The number of carbonyl (C=O) groups excluding carboxylic acids is 1. The Kier molecular flexibility index (Phi) is 5.39. The zero-order valence-corrected chi connectivity index (χ0v) is 13.4. The Morgan fingerprint density at radius 3 is 2.52 bits per heavy atom. The largest absolute Gasteiger partial charge is 0.417 e. The molecule has 0 saturated heterocycles. The number of rotatable bonds is 3. The summed E-state index contributed by atoms with van der Waals surface area (Å²) in [4.78, 5) is 23.8. The van der Waals surface area contributed by atoms with E-state index in [-0.39, 0.29) is 6.04 Å². The molecule has 23 heavy (non-hydrogen) atoms. The Bertz CT molecular complexity index is 635. The predicted molar refractivity (Wildman–Crippen MR) is 80.3 cm³/mol. The monoisotopic (exact) mass is 350 g/mol. The molecule has 1 heterocycles. The number of alkyl halides is 3. The molecular weight excluding hydrogens is 333 g/mol. The van der Waals surface area contributed by atoms with E-state index in [1.54, 1.807) is 0 Å². The maximum atomic E-state index is 12.8. The lowest BCUT2D eigenvalue weighted by atomic mass is 9.87. The van der Waals surface area contributed by atoms with Crippen molar-refractivity contribution < 1.29 is 18.0 Å². The van der Waals surface area contributed by atoms with Gasteiger partial charge in [0.2, 0.25) is 5.91 Å². The Hall–Kier alpha value is -1.50. The third kappa shape index (κ3) is 4.73. The number of aromatic nitrogens is 1. The fourth-order valence-electron chi connectivity index (χ4n) is 2.70. The van der Waals surface area contributed by atoms with Crippen molar-refractivity contribution in [2.24, 2.45) is 5.92 Å². The van der Waals surface area contributed by atoms with Crippen LogP contribution in [0.4, 0.5) is 13.2 Å². The molecule has 2 rings (SSSR count). The highest BCUT2D eigenvalue weighted by Crippen LogP contribution is 2.29. The van der Waals surface area contributed by atoms with Gasteiger partial charge in [-0.05, 0) is 37.7 Å². The van der Waals surface area contributed by atoms with Gasteiger partial charge in [0.15, 0.2) is 0 Å². The van der Waals surface area contributed by atoms with Crippen molar-refractivity contribution in [1.29, 1.82) is 0 Å². The van der Waals surface area contributed by atoms with E-state index in [0.717, 1.165) is 25.7 Å². The second kappa shape index (κ2) is 6.95. The molecule has 0 radical (unpaired) electrons. The Labute approximate surface area is 136 Å². The maximum absolute atomic E-state index is 12.8. The summed E-state index contributed by atoms with van der Waals surface area (Å²) in [6, 6.07) is 0.580. The topological polar surface area (TPSA) is 51.1 Å². The molecule has 0 spiro atoms. The summed E-state index contributed by atoms with van der Waals surface area (Å²) >= 11 is 5.55. The zero-order chi connectivity index (χ0) is 17.2. The smallest absolute Gasteiger partial charge is 0.352 e. The second-order valence-electron chi connectivity index (χ2n) is 6.03. The van der Waals surface area contributed by atoms with Gasteiger partial charge in [-0.3, -0.25) is 9.59 Å². The molecule has 1 aliphatic rings. The van der Waals surface area contributed by atoms with Crippen LogP contribution in [0.2, 0.25) is 5.02 Å². The van der Waals surface area contributed by atoms with E-state index in [9.17, 15) is 22.8 Å². The van der Waals surface area contributed by atoms with Gasteiger partial charge in [-0.2, -0.15) is 13.2 Å². The quantitative estimate of drug-likeness (QED) is 0.910. The average molecular weight is 351 g/mol. The molecule has 1 N–H and O–H groups in total. The molecule has 4 nitrogen and oxygen atoms in total.